The Hall–Kier alpha value is -3.23. The second-order valence-electron chi connectivity index (χ2n) is 8.24. The maximum absolute atomic E-state index is 13.2. The summed E-state index contributed by atoms with van der Waals surface area (Å²) in [6.07, 6.45) is -0.0256. The number of piperidine rings is 1. The Kier molecular flexibility index (Phi) is 5.52. The molecule has 0 unspecified atom stereocenters. The van der Waals surface area contributed by atoms with E-state index in [9.17, 15) is 22.8 Å². The fraction of sp³-hybridized carbons (Fsp3) is 0.391. The number of hydrogen-bond donors (Lipinski definition) is 0. The lowest BCUT2D eigenvalue weighted by molar-refractivity contribution is -0.137. The van der Waals surface area contributed by atoms with Gasteiger partial charge in [0.1, 0.15) is 11.9 Å². The van der Waals surface area contributed by atoms with Gasteiger partial charge in [-0.15, -0.1) is 0 Å². The van der Waals surface area contributed by atoms with Crippen LogP contribution in [0.15, 0.2) is 41.5 Å². The highest BCUT2D eigenvalue weighted by Gasteiger charge is 2.31. The molecule has 0 radical (unpaired) electrons. The van der Waals surface area contributed by atoms with E-state index in [2.05, 4.69) is 0 Å². The van der Waals surface area contributed by atoms with Crippen molar-refractivity contribution in [3.05, 3.63) is 63.7 Å². The molecule has 1 saturated heterocycles. The Bertz CT molecular complexity index is 1220. The van der Waals surface area contributed by atoms with Crippen LogP contribution < -0.4 is 10.3 Å². The minimum absolute atomic E-state index is 0.196. The lowest BCUT2D eigenvalue weighted by Crippen LogP contribution is -2.42. The molecule has 170 valence electrons. The number of amides is 1. The quantitative estimate of drug-likeness (QED) is 0.612. The zero-order chi connectivity index (χ0) is 23.2. The van der Waals surface area contributed by atoms with Crippen molar-refractivity contribution >= 4 is 16.8 Å². The standard InChI is InChI=1S/C23H24F3N3O3/c1-14-12-28(3)22(31)19-18(13-27(2)20(14)19)21(30)29-10-8-17(9-11-29)32-16-6-4-15(5-7-16)23(24,25)26/h4-7,12-13,17H,8-11H2,1-3H3. The lowest BCUT2D eigenvalue weighted by Gasteiger charge is -2.32. The smallest absolute Gasteiger partial charge is 0.416 e. The molecule has 1 aliphatic rings. The van der Waals surface area contributed by atoms with Crippen molar-refractivity contribution in [1.82, 2.24) is 14.0 Å². The van der Waals surface area contributed by atoms with E-state index in [1.165, 1.54) is 16.7 Å². The summed E-state index contributed by atoms with van der Waals surface area (Å²) < 4.78 is 47.2. The first-order valence-corrected chi connectivity index (χ1v) is 10.3. The number of aryl methyl sites for hydroxylation is 3. The number of rotatable bonds is 3. The normalized spacial score (nSPS) is 15.4. The van der Waals surface area contributed by atoms with E-state index in [0.29, 0.717) is 42.6 Å². The van der Waals surface area contributed by atoms with Crippen LogP contribution in [0.2, 0.25) is 0 Å². The van der Waals surface area contributed by atoms with Crippen molar-refractivity contribution < 1.29 is 22.7 Å². The Morgan fingerprint density at radius 2 is 1.66 bits per heavy atom. The Labute approximate surface area is 182 Å². The molecule has 0 N–H and O–H groups in total. The molecular formula is C23H24F3N3O3. The molecular weight excluding hydrogens is 423 g/mol. The van der Waals surface area contributed by atoms with Crippen molar-refractivity contribution in [2.75, 3.05) is 13.1 Å². The molecule has 6 nitrogen and oxygen atoms in total. The van der Waals surface area contributed by atoms with Gasteiger partial charge in [-0.3, -0.25) is 9.59 Å². The van der Waals surface area contributed by atoms with Crippen molar-refractivity contribution in [3.8, 4) is 5.75 Å². The molecule has 1 aliphatic heterocycles. The van der Waals surface area contributed by atoms with Crippen LogP contribution in [0.25, 0.3) is 10.9 Å². The summed E-state index contributed by atoms with van der Waals surface area (Å²) in [7, 11) is 3.48. The second-order valence-corrected chi connectivity index (χ2v) is 8.24. The van der Waals surface area contributed by atoms with Gasteiger partial charge in [0.25, 0.3) is 11.5 Å². The maximum Gasteiger partial charge on any atom is 0.416 e. The van der Waals surface area contributed by atoms with Gasteiger partial charge in [0.15, 0.2) is 0 Å². The molecule has 4 rings (SSSR count). The lowest BCUT2D eigenvalue weighted by atomic mass is 10.1. The number of likely N-dealkylation sites (tertiary alicyclic amines) is 1. The number of nitrogens with zero attached hydrogens (tertiary/aromatic N) is 3. The van der Waals surface area contributed by atoms with E-state index >= 15 is 0 Å². The number of ether oxygens (including phenoxy) is 1. The molecule has 1 fully saturated rings. The summed E-state index contributed by atoms with van der Waals surface area (Å²) in [4.78, 5) is 27.6. The minimum atomic E-state index is -4.38. The van der Waals surface area contributed by atoms with Crippen LogP contribution in [0.3, 0.4) is 0 Å². The van der Waals surface area contributed by atoms with Gasteiger partial charge in [0.05, 0.1) is 22.0 Å². The fourth-order valence-corrected chi connectivity index (χ4v) is 4.33. The number of alkyl halides is 3. The Balaban J connectivity index is 1.46. The monoisotopic (exact) mass is 447 g/mol. The van der Waals surface area contributed by atoms with E-state index in [-0.39, 0.29) is 17.6 Å². The van der Waals surface area contributed by atoms with Gasteiger partial charge in [0, 0.05) is 52.4 Å². The molecule has 1 aromatic carbocycles. The number of pyridine rings is 1. The van der Waals surface area contributed by atoms with Crippen molar-refractivity contribution in [2.45, 2.75) is 32.0 Å². The first kappa shape index (κ1) is 22.0. The van der Waals surface area contributed by atoms with Crippen LogP contribution >= 0.6 is 0 Å². The summed E-state index contributed by atoms with van der Waals surface area (Å²) >= 11 is 0. The van der Waals surface area contributed by atoms with Gasteiger partial charge >= 0.3 is 6.18 Å². The number of halogens is 3. The zero-order valence-electron chi connectivity index (χ0n) is 18.1. The number of carbonyl (C=O) groups is 1. The van der Waals surface area contributed by atoms with E-state index < -0.39 is 11.7 Å². The van der Waals surface area contributed by atoms with Gasteiger partial charge in [-0.05, 0) is 36.8 Å². The maximum atomic E-state index is 13.2. The average molecular weight is 447 g/mol. The molecule has 3 heterocycles. The van der Waals surface area contributed by atoms with Crippen LogP contribution in [-0.4, -0.2) is 39.1 Å². The molecule has 1 amide bonds. The van der Waals surface area contributed by atoms with Gasteiger partial charge in [-0.1, -0.05) is 0 Å². The summed E-state index contributed by atoms with van der Waals surface area (Å²) in [5.41, 5.74) is 1.11. The molecule has 3 aromatic rings. The first-order valence-electron chi connectivity index (χ1n) is 10.3. The largest absolute Gasteiger partial charge is 0.490 e. The van der Waals surface area contributed by atoms with Crippen molar-refractivity contribution in [2.24, 2.45) is 14.1 Å². The summed E-state index contributed by atoms with van der Waals surface area (Å²) in [6.45, 7) is 2.78. The Morgan fingerprint density at radius 1 is 1.03 bits per heavy atom. The van der Waals surface area contributed by atoms with Crippen LogP contribution in [0.1, 0.15) is 34.3 Å². The van der Waals surface area contributed by atoms with E-state index in [4.69, 9.17) is 4.74 Å². The highest BCUT2D eigenvalue weighted by atomic mass is 19.4. The van der Waals surface area contributed by atoms with Crippen LogP contribution in [0.4, 0.5) is 13.2 Å². The van der Waals surface area contributed by atoms with E-state index in [1.807, 2.05) is 14.0 Å². The van der Waals surface area contributed by atoms with Crippen molar-refractivity contribution in [1.29, 1.82) is 0 Å². The highest BCUT2D eigenvalue weighted by Crippen LogP contribution is 2.31. The topological polar surface area (TPSA) is 56.5 Å². The minimum Gasteiger partial charge on any atom is -0.490 e. The van der Waals surface area contributed by atoms with Gasteiger partial charge < -0.3 is 18.8 Å². The van der Waals surface area contributed by atoms with Crippen LogP contribution in [0.5, 0.6) is 5.75 Å². The molecule has 2 aromatic heterocycles. The van der Waals surface area contributed by atoms with Crippen LogP contribution in [0, 0.1) is 6.92 Å². The molecule has 32 heavy (non-hydrogen) atoms. The SMILES string of the molecule is Cc1cn(C)c(=O)c2c(C(=O)N3CCC(Oc4ccc(C(F)(F)F)cc4)CC3)cn(C)c12. The van der Waals surface area contributed by atoms with E-state index in [1.54, 1.807) is 28.9 Å². The average Bonchev–Trinajstić information content (AvgIpc) is 3.10. The third-order valence-corrected chi connectivity index (χ3v) is 5.92. The van der Waals surface area contributed by atoms with Gasteiger partial charge in [-0.25, -0.2) is 0 Å². The zero-order valence-corrected chi connectivity index (χ0v) is 18.1. The molecule has 0 aliphatic carbocycles. The predicted molar refractivity (Wildman–Crippen MR) is 114 cm³/mol. The molecule has 0 atom stereocenters. The van der Waals surface area contributed by atoms with Gasteiger partial charge in [0.2, 0.25) is 0 Å². The van der Waals surface area contributed by atoms with Crippen LogP contribution in [-0.2, 0) is 20.3 Å². The number of aromatic nitrogens is 2. The Morgan fingerprint density at radius 3 is 2.25 bits per heavy atom. The molecule has 9 heteroatoms. The molecule has 0 bridgehead atoms. The first-order chi connectivity index (χ1) is 15.1. The summed E-state index contributed by atoms with van der Waals surface area (Å²) in [6, 6.07) is 4.62. The second kappa shape index (κ2) is 8.03. The summed E-state index contributed by atoms with van der Waals surface area (Å²) in [5.74, 6) is 0.169. The number of benzene rings is 1. The molecule has 0 saturated carbocycles. The number of carbonyl (C=O) groups excluding carboxylic acids is 1. The molecule has 0 spiro atoms. The fourth-order valence-electron chi connectivity index (χ4n) is 4.33. The summed E-state index contributed by atoms with van der Waals surface area (Å²) in [5, 5.41) is 0.420. The number of hydrogen-bond acceptors (Lipinski definition) is 3. The van der Waals surface area contributed by atoms with E-state index in [0.717, 1.165) is 23.2 Å². The highest BCUT2D eigenvalue weighted by molar-refractivity contribution is 6.07. The van der Waals surface area contributed by atoms with Crippen molar-refractivity contribution in [3.63, 3.8) is 0 Å². The number of fused-ring (bicyclic) bond motifs is 1. The third kappa shape index (κ3) is 3.99. The third-order valence-electron chi connectivity index (χ3n) is 5.92. The van der Waals surface area contributed by atoms with Gasteiger partial charge in [-0.2, -0.15) is 13.2 Å². The predicted octanol–water partition coefficient (Wildman–Crippen LogP) is 3.89.